The molecule has 0 aliphatic carbocycles. The van der Waals surface area contributed by atoms with Crippen molar-refractivity contribution in [3.63, 3.8) is 0 Å². The third-order valence-corrected chi connectivity index (χ3v) is 5.94. The van der Waals surface area contributed by atoms with Crippen molar-refractivity contribution in [1.82, 2.24) is 19.8 Å². The van der Waals surface area contributed by atoms with Crippen LogP contribution in [0, 0.1) is 5.41 Å². The number of likely N-dealkylation sites (tertiary alicyclic amines) is 2. The van der Waals surface area contributed by atoms with Gasteiger partial charge in [-0.2, -0.15) is 0 Å². The molecule has 6 heteroatoms. The third-order valence-electron chi connectivity index (χ3n) is 5.73. The molecule has 0 bridgehead atoms. The lowest BCUT2D eigenvalue weighted by Gasteiger charge is -2.48. The van der Waals surface area contributed by atoms with Crippen LogP contribution in [-0.2, 0) is 17.9 Å². The Hall–Kier alpha value is -1.98. The Bertz CT molecular complexity index is 800. The highest BCUT2D eigenvalue weighted by Gasteiger charge is 2.41. The largest absolute Gasteiger partial charge is 0.336 e. The molecule has 4 heterocycles. The van der Waals surface area contributed by atoms with Gasteiger partial charge in [0, 0.05) is 37.7 Å². The minimum Gasteiger partial charge on any atom is -0.336 e. The molecule has 0 radical (unpaired) electrons. The van der Waals surface area contributed by atoms with Crippen LogP contribution in [0.4, 0.5) is 0 Å². The van der Waals surface area contributed by atoms with Crippen LogP contribution in [0.3, 0.4) is 0 Å². The van der Waals surface area contributed by atoms with Gasteiger partial charge >= 0.3 is 0 Å². The van der Waals surface area contributed by atoms with Crippen molar-refractivity contribution in [1.29, 1.82) is 0 Å². The molecule has 0 aromatic carbocycles. The summed E-state index contributed by atoms with van der Waals surface area (Å²) < 4.78 is 0. The van der Waals surface area contributed by atoms with E-state index in [-0.39, 0.29) is 11.3 Å². The van der Waals surface area contributed by atoms with Crippen LogP contribution >= 0.6 is 11.6 Å². The van der Waals surface area contributed by atoms with E-state index in [1.54, 1.807) is 6.20 Å². The predicted molar refractivity (Wildman–Crippen MR) is 105 cm³/mol. The second-order valence-corrected chi connectivity index (χ2v) is 8.22. The monoisotopic (exact) mass is 384 g/mol. The van der Waals surface area contributed by atoms with Gasteiger partial charge in [0.1, 0.15) is 5.15 Å². The molecule has 2 aliphatic heterocycles. The molecule has 2 aromatic rings. The fourth-order valence-electron chi connectivity index (χ4n) is 4.48. The second-order valence-electron chi connectivity index (χ2n) is 7.84. The number of nitrogens with zero attached hydrogens (tertiary/aromatic N) is 4. The summed E-state index contributed by atoms with van der Waals surface area (Å²) in [5.41, 5.74) is 2.15. The van der Waals surface area contributed by atoms with E-state index in [9.17, 15) is 4.79 Å². The molecule has 1 spiro atoms. The Morgan fingerprint density at radius 3 is 2.74 bits per heavy atom. The standard InChI is InChI=1S/C21H25ClN4O/c22-19-7-3-6-18(24-19)13-25-12-4-9-21(15-25)10-8-20(27)26(16-21)14-17-5-1-2-11-23-17/h1-3,5-7,11H,4,8-10,12-16H2. The SMILES string of the molecule is O=C1CCC2(CCCN(Cc3cccc(Cl)n3)C2)CN1Cc1ccccn1. The fourth-order valence-corrected chi connectivity index (χ4v) is 4.66. The van der Waals surface area contributed by atoms with Crippen molar-refractivity contribution in [3.05, 3.63) is 59.1 Å². The van der Waals surface area contributed by atoms with Crippen molar-refractivity contribution in [2.45, 2.75) is 38.8 Å². The summed E-state index contributed by atoms with van der Waals surface area (Å²) in [4.78, 5) is 25.8. The van der Waals surface area contributed by atoms with Gasteiger partial charge in [-0.15, -0.1) is 0 Å². The summed E-state index contributed by atoms with van der Waals surface area (Å²) >= 11 is 6.04. The molecule has 1 unspecified atom stereocenters. The smallest absolute Gasteiger partial charge is 0.222 e. The third kappa shape index (κ3) is 4.47. The first-order valence-corrected chi connectivity index (χ1v) is 10.0. The van der Waals surface area contributed by atoms with E-state index in [0.717, 1.165) is 50.4 Å². The lowest BCUT2D eigenvalue weighted by molar-refractivity contribution is -0.140. The zero-order chi connectivity index (χ0) is 18.7. The van der Waals surface area contributed by atoms with E-state index in [2.05, 4.69) is 14.9 Å². The highest BCUT2D eigenvalue weighted by atomic mass is 35.5. The average Bonchev–Trinajstić information content (AvgIpc) is 2.66. The molecule has 0 saturated carbocycles. The number of pyridine rings is 2. The van der Waals surface area contributed by atoms with Crippen LogP contribution in [0.2, 0.25) is 5.15 Å². The number of aromatic nitrogens is 2. The fraction of sp³-hybridized carbons (Fsp3) is 0.476. The van der Waals surface area contributed by atoms with E-state index < -0.39 is 0 Å². The molecule has 2 aromatic heterocycles. The van der Waals surface area contributed by atoms with Crippen molar-refractivity contribution < 1.29 is 4.79 Å². The first-order valence-electron chi connectivity index (χ1n) is 9.63. The molecular formula is C21H25ClN4O. The quantitative estimate of drug-likeness (QED) is 0.756. The number of rotatable bonds is 4. The Morgan fingerprint density at radius 2 is 1.93 bits per heavy atom. The van der Waals surface area contributed by atoms with E-state index in [1.165, 1.54) is 6.42 Å². The van der Waals surface area contributed by atoms with Crippen molar-refractivity contribution >= 4 is 17.5 Å². The summed E-state index contributed by atoms with van der Waals surface area (Å²) in [6.45, 7) is 4.33. The highest BCUT2D eigenvalue weighted by molar-refractivity contribution is 6.29. The van der Waals surface area contributed by atoms with E-state index in [4.69, 9.17) is 11.6 Å². The van der Waals surface area contributed by atoms with Gasteiger partial charge in [0.2, 0.25) is 5.91 Å². The maximum atomic E-state index is 12.5. The number of halogens is 1. The molecule has 1 atom stereocenters. The first kappa shape index (κ1) is 18.4. The molecule has 2 saturated heterocycles. The molecule has 2 aliphatic rings. The van der Waals surface area contributed by atoms with Gasteiger partial charge in [-0.3, -0.25) is 14.7 Å². The molecule has 142 valence electrons. The maximum Gasteiger partial charge on any atom is 0.222 e. The summed E-state index contributed by atoms with van der Waals surface area (Å²) in [6, 6.07) is 11.7. The van der Waals surface area contributed by atoms with Crippen LogP contribution in [0.15, 0.2) is 42.6 Å². The first-order chi connectivity index (χ1) is 13.1. The van der Waals surface area contributed by atoms with Crippen LogP contribution in [-0.4, -0.2) is 45.3 Å². The molecule has 0 N–H and O–H groups in total. The molecule has 5 nitrogen and oxygen atoms in total. The molecule has 4 rings (SSSR count). The van der Waals surface area contributed by atoms with Crippen molar-refractivity contribution in [3.8, 4) is 0 Å². The van der Waals surface area contributed by atoms with Crippen LogP contribution in [0.25, 0.3) is 0 Å². The number of amides is 1. The molecular weight excluding hydrogens is 360 g/mol. The lowest BCUT2D eigenvalue weighted by atomic mass is 9.73. The summed E-state index contributed by atoms with van der Waals surface area (Å²) in [5.74, 6) is 0.250. The van der Waals surface area contributed by atoms with E-state index in [1.807, 2.05) is 41.3 Å². The Kier molecular flexibility index (Phi) is 5.41. The topological polar surface area (TPSA) is 49.3 Å². The summed E-state index contributed by atoms with van der Waals surface area (Å²) in [5, 5.41) is 0.545. The second kappa shape index (κ2) is 7.95. The number of piperidine rings is 2. The number of carbonyl (C=O) groups excluding carboxylic acids is 1. The Labute approximate surface area is 165 Å². The van der Waals surface area contributed by atoms with Crippen LogP contribution in [0.1, 0.15) is 37.1 Å². The predicted octanol–water partition coefficient (Wildman–Crippen LogP) is 3.53. The Morgan fingerprint density at radius 1 is 1.04 bits per heavy atom. The van der Waals surface area contributed by atoms with Gasteiger partial charge < -0.3 is 4.90 Å². The van der Waals surface area contributed by atoms with Gasteiger partial charge in [-0.25, -0.2) is 4.98 Å². The summed E-state index contributed by atoms with van der Waals surface area (Å²) in [7, 11) is 0. The van der Waals surface area contributed by atoms with Gasteiger partial charge in [0.05, 0.1) is 17.9 Å². The zero-order valence-corrected chi connectivity index (χ0v) is 16.2. The maximum absolute atomic E-state index is 12.5. The van der Waals surface area contributed by atoms with Crippen LogP contribution < -0.4 is 0 Å². The normalized spacial score (nSPS) is 23.7. The average molecular weight is 385 g/mol. The van der Waals surface area contributed by atoms with E-state index in [0.29, 0.717) is 18.1 Å². The molecule has 27 heavy (non-hydrogen) atoms. The number of carbonyl (C=O) groups is 1. The number of hydrogen-bond acceptors (Lipinski definition) is 4. The van der Waals surface area contributed by atoms with E-state index >= 15 is 0 Å². The van der Waals surface area contributed by atoms with Gasteiger partial charge in [0.15, 0.2) is 0 Å². The minimum absolute atomic E-state index is 0.180. The summed E-state index contributed by atoms with van der Waals surface area (Å²) in [6.07, 6.45) is 5.74. The Balaban J connectivity index is 1.44. The molecule has 1 amide bonds. The number of hydrogen-bond donors (Lipinski definition) is 0. The van der Waals surface area contributed by atoms with Gasteiger partial charge in [-0.1, -0.05) is 23.7 Å². The van der Waals surface area contributed by atoms with Crippen molar-refractivity contribution in [2.75, 3.05) is 19.6 Å². The minimum atomic E-state index is 0.180. The lowest BCUT2D eigenvalue weighted by Crippen LogP contribution is -2.53. The van der Waals surface area contributed by atoms with Crippen LogP contribution in [0.5, 0.6) is 0 Å². The molecule has 2 fully saturated rings. The van der Waals surface area contributed by atoms with Gasteiger partial charge in [-0.05, 0) is 50.1 Å². The zero-order valence-electron chi connectivity index (χ0n) is 15.5. The highest BCUT2D eigenvalue weighted by Crippen LogP contribution is 2.39. The van der Waals surface area contributed by atoms with Crippen molar-refractivity contribution in [2.24, 2.45) is 5.41 Å². The van der Waals surface area contributed by atoms with Gasteiger partial charge in [0.25, 0.3) is 0 Å².